The van der Waals surface area contributed by atoms with E-state index in [1.54, 1.807) is 0 Å². The number of carbonyl (C=O) groups is 1. The molecular weight excluding hydrogens is 525 g/mol. The van der Waals surface area contributed by atoms with Gasteiger partial charge in [-0.2, -0.15) is 4.98 Å². The van der Waals surface area contributed by atoms with E-state index in [2.05, 4.69) is 86.3 Å². The maximum atomic E-state index is 14.4. The molecule has 1 amide bonds. The monoisotopic (exact) mass is 569 g/mol. The lowest BCUT2D eigenvalue weighted by Crippen LogP contribution is -2.65. The van der Waals surface area contributed by atoms with Gasteiger partial charge in [0.2, 0.25) is 11.8 Å². The number of rotatable bonds is 8. The predicted molar refractivity (Wildman–Crippen MR) is 163 cm³/mol. The van der Waals surface area contributed by atoms with E-state index in [0.29, 0.717) is 31.6 Å². The molecule has 0 saturated heterocycles. The van der Waals surface area contributed by atoms with Crippen LogP contribution in [0.3, 0.4) is 0 Å². The molecule has 1 heterocycles. The molecule has 5 nitrogen and oxygen atoms in total. The highest BCUT2D eigenvalue weighted by Crippen LogP contribution is 2.71. The molecule has 0 spiro atoms. The fourth-order valence-corrected chi connectivity index (χ4v) is 8.49. The van der Waals surface area contributed by atoms with Gasteiger partial charge in [0, 0.05) is 29.5 Å². The molecule has 6 heteroatoms. The third kappa shape index (κ3) is 4.69. The van der Waals surface area contributed by atoms with Crippen molar-refractivity contribution in [2.45, 2.75) is 115 Å². The van der Waals surface area contributed by atoms with E-state index in [9.17, 15) is 9.18 Å². The number of aryl methyl sites for hydroxylation is 1. The quantitative estimate of drug-likeness (QED) is 0.273. The van der Waals surface area contributed by atoms with Gasteiger partial charge >= 0.3 is 0 Å². The summed E-state index contributed by atoms with van der Waals surface area (Å²) in [6.07, 6.45) is 9.34. The number of hydrogen-bond donors (Lipinski definition) is 0. The van der Waals surface area contributed by atoms with Crippen LogP contribution < -0.4 is 4.90 Å². The first kappa shape index (κ1) is 27.8. The van der Waals surface area contributed by atoms with E-state index in [1.807, 2.05) is 0 Å². The average Bonchev–Trinajstić information content (AvgIpc) is 3.48. The maximum absolute atomic E-state index is 14.4. The Kier molecular flexibility index (Phi) is 6.28. The number of nitrogens with zero attached hydrogens (tertiary/aromatic N) is 3. The Morgan fingerprint density at radius 1 is 0.929 bits per heavy atom. The molecule has 4 bridgehead atoms. The van der Waals surface area contributed by atoms with Gasteiger partial charge in [0.05, 0.1) is 0 Å². The molecule has 2 aromatic carbocycles. The minimum absolute atomic E-state index is 0.0184. The molecule has 222 valence electrons. The predicted octanol–water partition coefficient (Wildman–Crippen LogP) is 8.50. The van der Waals surface area contributed by atoms with Gasteiger partial charge in [-0.3, -0.25) is 4.79 Å². The number of amides is 1. The van der Waals surface area contributed by atoms with Crippen molar-refractivity contribution >= 4 is 11.6 Å². The molecular formula is C36H44FN3O2. The Morgan fingerprint density at radius 3 is 2.17 bits per heavy atom. The van der Waals surface area contributed by atoms with Gasteiger partial charge in [0.25, 0.3) is 0 Å². The minimum atomic E-state index is -0.994. The Bertz CT molecular complexity index is 1460. The van der Waals surface area contributed by atoms with Crippen molar-refractivity contribution in [1.82, 2.24) is 10.1 Å². The summed E-state index contributed by atoms with van der Waals surface area (Å²) in [6, 6.07) is 17.2. The van der Waals surface area contributed by atoms with E-state index in [1.165, 1.54) is 5.56 Å². The summed E-state index contributed by atoms with van der Waals surface area (Å²) >= 11 is 0. The maximum Gasteiger partial charge on any atom is 0.232 e. The van der Waals surface area contributed by atoms with Crippen molar-refractivity contribution in [3.63, 3.8) is 0 Å². The molecule has 0 N–H and O–H groups in total. The van der Waals surface area contributed by atoms with Gasteiger partial charge in [0.1, 0.15) is 5.67 Å². The van der Waals surface area contributed by atoms with Crippen LogP contribution in [0.5, 0.6) is 0 Å². The molecule has 0 radical (unpaired) electrons. The zero-order chi connectivity index (χ0) is 29.4. The summed E-state index contributed by atoms with van der Waals surface area (Å²) in [7, 11) is 0. The van der Waals surface area contributed by atoms with Crippen LogP contribution in [0.1, 0.15) is 109 Å². The summed E-state index contributed by atoms with van der Waals surface area (Å²) in [5.74, 6) is 1.73. The molecule has 1 aromatic heterocycles. The molecule has 6 aliphatic rings. The third-order valence-corrected chi connectivity index (χ3v) is 11.2. The van der Waals surface area contributed by atoms with Crippen molar-refractivity contribution in [2.24, 2.45) is 10.8 Å². The zero-order valence-corrected chi connectivity index (χ0v) is 25.6. The Balaban J connectivity index is 1.14. The van der Waals surface area contributed by atoms with Crippen LogP contribution in [0, 0.1) is 10.8 Å². The van der Waals surface area contributed by atoms with Crippen LogP contribution in [-0.2, 0) is 22.0 Å². The topological polar surface area (TPSA) is 59.2 Å². The van der Waals surface area contributed by atoms with Gasteiger partial charge in [0.15, 0.2) is 5.82 Å². The second-order valence-corrected chi connectivity index (χ2v) is 15.4. The second-order valence-electron chi connectivity index (χ2n) is 15.4. The minimum Gasteiger partial charge on any atom is -0.339 e. The first-order chi connectivity index (χ1) is 19.9. The average molecular weight is 570 g/mol. The van der Waals surface area contributed by atoms with E-state index >= 15 is 0 Å². The number of aromatic nitrogens is 2. The van der Waals surface area contributed by atoms with Crippen LogP contribution in [-0.4, -0.2) is 28.3 Å². The molecule has 6 saturated carbocycles. The summed E-state index contributed by atoms with van der Waals surface area (Å²) in [6.45, 7) is 9.21. The molecule has 6 aliphatic carbocycles. The van der Waals surface area contributed by atoms with Crippen LogP contribution in [0.15, 0.2) is 53.1 Å². The van der Waals surface area contributed by atoms with E-state index in [4.69, 9.17) is 9.51 Å². The molecule has 0 aliphatic heterocycles. The Hall–Kier alpha value is -3.02. The largest absolute Gasteiger partial charge is 0.339 e. The fraction of sp³-hybridized carbons (Fsp3) is 0.583. The van der Waals surface area contributed by atoms with Crippen LogP contribution in [0.2, 0.25) is 0 Å². The SMILES string of the molecule is CCc1ccc(-c2cccc(N(CC34CCC(c5noc(C(C)(C)C)n5)(CC3)CC4)C(=O)CC34CC(F)(C3)C4)c2)cc1. The standard InChI is InChI=1S/C36H44FN3O2/c1-5-25-9-11-26(12-10-25)27-7-6-8-28(19-27)40(29(41)20-34-21-36(37,22-34)23-34)24-33-13-16-35(17-14-33,18-15-33)30-38-31(42-39-30)32(2,3)4/h6-12,19H,5,13-18,20-24H2,1-4H3. The van der Waals surface area contributed by atoms with Gasteiger partial charge in [-0.1, -0.05) is 69.2 Å². The fourth-order valence-electron chi connectivity index (χ4n) is 8.49. The normalized spacial score (nSPS) is 31.4. The number of carbonyl (C=O) groups excluding carboxylic acids is 1. The number of hydrogen-bond acceptors (Lipinski definition) is 4. The molecule has 9 rings (SSSR count). The van der Waals surface area contributed by atoms with Crippen molar-refractivity contribution in [3.05, 3.63) is 65.8 Å². The summed E-state index contributed by atoms with van der Waals surface area (Å²) < 4.78 is 20.1. The number of halogens is 1. The number of alkyl halides is 1. The number of benzene rings is 2. The summed E-state index contributed by atoms with van der Waals surface area (Å²) in [4.78, 5) is 21.1. The first-order valence-corrected chi connectivity index (χ1v) is 16.0. The molecule has 42 heavy (non-hydrogen) atoms. The second kappa shape index (κ2) is 9.49. The summed E-state index contributed by atoms with van der Waals surface area (Å²) in [5, 5.41) is 4.47. The molecule has 6 fully saturated rings. The van der Waals surface area contributed by atoms with Crippen LogP contribution >= 0.6 is 0 Å². The van der Waals surface area contributed by atoms with Crippen molar-refractivity contribution in [1.29, 1.82) is 0 Å². The molecule has 0 unspecified atom stereocenters. The lowest BCUT2D eigenvalue weighted by atomic mass is 9.41. The van der Waals surface area contributed by atoms with E-state index < -0.39 is 5.67 Å². The first-order valence-electron chi connectivity index (χ1n) is 16.0. The highest BCUT2D eigenvalue weighted by atomic mass is 19.1. The Labute approximate surface area is 249 Å². The van der Waals surface area contributed by atoms with Crippen molar-refractivity contribution in [3.8, 4) is 11.1 Å². The zero-order valence-electron chi connectivity index (χ0n) is 25.6. The smallest absolute Gasteiger partial charge is 0.232 e. The number of fused-ring (bicyclic) bond motifs is 3. The van der Waals surface area contributed by atoms with Crippen molar-refractivity contribution in [2.75, 3.05) is 11.4 Å². The van der Waals surface area contributed by atoms with E-state index in [-0.39, 0.29) is 27.6 Å². The third-order valence-electron chi connectivity index (χ3n) is 11.2. The molecule has 0 atom stereocenters. The highest BCUT2D eigenvalue weighted by molar-refractivity contribution is 5.95. The lowest BCUT2D eigenvalue weighted by Gasteiger charge is -2.66. The lowest BCUT2D eigenvalue weighted by molar-refractivity contribution is -0.215. The van der Waals surface area contributed by atoms with Gasteiger partial charge in [-0.25, -0.2) is 4.39 Å². The van der Waals surface area contributed by atoms with Crippen molar-refractivity contribution < 1.29 is 13.7 Å². The van der Waals surface area contributed by atoms with E-state index in [0.717, 1.165) is 74.1 Å². The molecule has 3 aromatic rings. The number of anilines is 1. The van der Waals surface area contributed by atoms with Crippen LogP contribution in [0.4, 0.5) is 10.1 Å². The van der Waals surface area contributed by atoms with Gasteiger partial charge < -0.3 is 9.42 Å². The Morgan fingerprint density at radius 2 is 1.60 bits per heavy atom. The summed E-state index contributed by atoms with van der Waals surface area (Å²) in [5.41, 5.74) is 3.34. The van der Waals surface area contributed by atoms with Crippen LogP contribution in [0.25, 0.3) is 11.1 Å². The van der Waals surface area contributed by atoms with Gasteiger partial charge in [-0.15, -0.1) is 0 Å². The highest BCUT2D eigenvalue weighted by Gasteiger charge is 2.69. The van der Waals surface area contributed by atoms with Gasteiger partial charge in [-0.05, 0) is 104 Å².